The summed E-state index contributed by atoms with van der Waals surface area (Å²) in [6.45, 7) is 0.365. The number of nitrogens with zero attached hydrogens (tertiary/aromatic N) is 4. The SMILES string of the molecule is Cl.O=C(N1CCN(c2ccccn2)CC1)C1(Oc2ccc(C(F)(F)F)cc2)CCCN(S(=O)(=O)c2ccccc2C(F)(F)F)C1. The van der Waals surface area contributed by atoms with Crippen LogP contribution in [-0.4, -0.2) is 73.4 Å². The van der Waals surface area contributed by atoms with Crippen LogP contribution in [0.2, 0.25) is 0 Å². The highest BCUT2D eigenvalue weighted by Crippen LogP contribution is 2.38. The average Bonchev–Trinajstić information content (AvgIpc) is 3.01. The van der Waals surface area contributed by atoms with Crippen LogP contribution in [-0.2, 0) is 27.2 Å². The van der Waals surface area contributed by atoms with Gasteiger partial charge in [0.15, 0.2) is 0 Å². The number of amides is 1. The highest BCUT2D eigenvalue weighted by atomic mass is 35.5. The normalized spacial score (nSPS) is 20.0. The molecular formula is C29H29ClF6N4O4S. The highest BCUT2D eigenvalue weighted by molar-refractivity contribution is 7.89. The van der Waals surface area contributed by atoms with Gasteiger partial charge in [0, 0.05) is 38.9 Å². The van der Waals surface area contributed by atoms with E-state index in [0.717, 1.165) is 40.7 Å². The predicted octanol–water partition coefficient (Wildman–Crippen LogP) is 5.49. The number of alkyl halides is 6. The van der Waals surface area contributed by atoms with Gasteiger partial charge in [-0.2, -0.15) is 30.6 Å². The molecule has 0 bridgehead atoms. The summed E-state index contributed by atoms with van der Waals surface area (Å²) in [5, 5.41) is 0. The van der Waals surface area contributed by atoms with Gasteiger partial charge in [-0.1, -0.05) is 18.2 Å². The Morgan fingerprint density at radius 1 is 0.822 bits per heavy atom. The summed E-state index contributed by atoms with van der Waals surface area (Å²) in [5.41, 5.74) is -4.21. The van der Waals surface area contributed by atoms with Gasteiger partial charge in [0.05, 0.1) is 22.6 Å². The lowest BCUT2D eigenvalue weighted by atomic mass is 9.91. The van der Waals surface area contributed by atoms with Crippen molar-refractivity contribution in [1.82, 2.24) is 14.2 Å². The Bertz CT molecular complexity index is 1580. The Labute approximate surface area is 262 Å². The molecule has 0 N–H and O–H groups in total. The van der Waals surface area contributed by atoms with Crippen LogP contribution in [0.15, 0.2) is 77.8 Å². The van der Waals surface area contributed by atoms with Crippen molar-refractivity contribution in [2.45, 2.75) is 35.7 Å². The van der Waals surface area contributed by atoms with Crippen molar-refractivity contribution < 1.29 is 44.3 Å². The Morgan fingerprint density at radius 2 is 1.47 bits per heavy atom. The van der Waals surface area contributed by atoms with Crippen molar-refractivity contribution in [3.05, 3.63) is 84.1 Å². The topological polar surface area (TPSA) is 83.1 Å². The minimum Gasteiger partial charge on any atom is -0.476 e. The lowest BCUT2D eigenvalue weighted by Gasteiger charge is -2.45. The third-order valence-electron chi connectivity index (χ3n) is 7.65. The Morgan fingerprint density at radius 3 is 2.07 bits per heavy atom. The van der Waals surface area contributed by atoms with Gasteiger partial charge in [-0.05, 0) is 61.4 Å². The molecule has 1 aromatic heterocycles. The molecule has 1 unspecified atom stereocenters. The fourth-order valence-electron chi connectivity index (χ4n) is 5.46. The number of hydrogen-bond acceptors (Lipinski definition) is 6. The van der Waals surface area contributed by atoms with Crippen molar-refractivity contribution >= 4 is 34.2 Å². The van der Waals surface area contributed by atoms with Crippen LogP contribution in [0, 0.1) is 0 Å². The minimum atomic E-state index is -4.96. The number of piperidine rings is 1. The molecule has 45 heavy (non-hydrogen) atoms. The molecule has 1 atom stereocenters. The van der Waals surface area contributed by atoms with E-state index in [1.807, 2.05) is 17.0 Å². The summed E-state index contributed by atoms with van der Waals surface area (Å²) in [6, 6.07) is 12.8. The Balaban J connectivity index is 0.00000461. The lowest BCUT2D eigenvalue weighted by molar-refractivity contribution is -0.152. The van der Waals surface area contributed by atoms with Crippen LogP contribution in [0.4, 0.5) is 32.2 Å². The van der Waals surface area contributed by atoms with E-state index in [1.165, 1.54) is 11.0 Å². The third kappa shape index (κ3) is 7.31. The van der Waals surface area contributed by atoms with Crippen LogP contribution >= 0.6 is 12.4 Å². The van der Waals surface area contributed by atoms with E-state index >= 15 is 0 Å². The zero-order chi connectivity index (χ0) is 31.8. The first kappa shape index (κ1) is 34.3. The number of carbonyl (C=O) groups is 1. The van der Waals surface area contributed by atoms with Crippen LogP contribution in [0.1, 0.15) is 24.0 Å². The summed E-state index contributed by atoms with van der Waals surface area (Å²) in [6.07, 6.45) is -7.92. The molecule has 0 spiro atoms. The zero-order valence-corrected chi connectivity index (χ0v) is 25.2. The number of pyridine rings is 1. The maximum Gasteiger partial charge on any atom is 0.417 e. The first-order valence-corrected chi connectivity index (χ1v) is 15.1. The smallest absolute Gasteiger partial charge is 0.417 e. The molecule has 2 aliphatic heterocycles. The van der Waals surface area contributed by atoms with Gasteiger partial charge in [-0.15, -0.1) is 12.4 Å². The van der Waals surface area contributed by atoms with Crippen LogP contribution in [0.3, 0.4) is 0 Å². The van der Waals surface area contributed by atoms with Crippen molar-refractivity contribution in [1.29, 1.82) is 0 Å². The van der Waals surface area contributed by atoms with E-state index in [0.29, 0.717) is 25.0 Å². The van der Waals surface area contributed by atoms with E-state index in [4.69, 9.17) is 4.74 Å². The monoisotopic (exact) mass is 678 g/mol. The number of hydrogen-bond donors (Lipinski definition) is 0. The fourth-order valence-corrected chi connectivity index (χ4v) is 7.20. The molecular weight excluding hydrogens is 650 g/mol. The molecule has 1 amide bonds. The van der Waals surface area contributed by atoms with Gasteiger partial charge >= 0.3 is 12.4 Å². The molecule has 2 aliphatic rings. The predicted molar refractivity (Wildman–Crippen MR) is 155 cm³/mol. The van der Waals surface area contributed by atoms with E-state index in [9.17, 15) is 39.6 Å². The summed E-state index contributed by atoms with van der Waals surface area (Å²) in [4.78, 5) is 20.9. The summed E-state index contributed by atoms with van der Waals surface area (Å²) in [5.74, 6) is -0.0240. The van der Waals surface area contributed by atoms with E-state index in [2.05, 4.69) is 4.98 Å². The van der Waals surface area contributed by atoms with E-state index in [1.54, 1.807) is 12.3 Å². The number of piperazine rings is 1. The maximum atomic E-state index is 14.2. The summed E-state index contributed by atoms with van der Waals surface area (Å²) >= 11 is 0. The number of benzene rings is 2. The molecule has 3 aromatic rings. The van der Waals surface area contributed by atoms with Crippen LogP contribution in [0.25, 0.3) is 0 Å². The quantitative estimate of drug-likeness (QED) is 0.321. The molecule has 5 rings (SSSR count). The maximum absolute atomic E-state index is 14.2. The highest BCUT2D eigenvalue weighted by Gasteiger charge is 2.51. The summed E-state index contributed by atoms with van der Waals surface area (Å²) in [7, 11) is -4.78. The van der Waals surface area contributed by atoms with Gasteiger partial charge < -0.3 is 14.5 Å². The zero-order valence-electron chi connectivity index (χ0n) is 23.6. The number of anilines is 1. The first-order chi connectivity index (χ1) is 20.7. The number of rotatable bonds is 6. The average molecular weight is 679 g/mol. The number of ether oxygens (including phenoxy) is 1. The standard InChI is InChI=1S/C29H28F6N4O4S.ClH/c30-28(31,32)21-9-11-22(12-10-21)43-27(26(40)38-18-16-37(17-19-38)25-8-3-4-14-36-25)13-5-15-39(20-27)44(41,42)24-7-2-1-6-23(24)29(33,34)35;/h1-4,6-12,14H,5,13,15-20H2;1H. The van der Waals surface area contributed by atoms with Crippen LogP contribution in [0.5, 0.6) is 5.75 Å². The second kappa shape index (κ2) is 13.0. The molecule has 2 saturated heterocycles. The molecule has 0 radical (unpaired) electrons. The second-order valence-electron chi connectivity index (χ2n) is 10.5. The second-order valence-corrected chi connectivity index (χ2v) is 12.4. The molecule has 16 heteroatoms. The van der Waals surface area contributed by atoms with Gasteiger partial charge in [-0.25, -0.2) is 13.4 Å². The first-order valence-electron chi connectivity index (χ1n) is 13.7. The third-order valence-corrected chi connectivity index (χ3v) is 9.56. The molecule has 0 saturated carbocycles. The van der Waals surface area contributed by atoms with E-state index in [-0.39, 0.29) is 50.6 Å². The Kier molecular flexibility index (Phi) is 9.95. The molecule has 8 nitrogen and oxygen atoms in total. The van der Waals surface area contributed by atoms with E-state index < -0.39 is 56.5 Å². The molecule has 0 aliphatic carbocycles. The summed E-state index contributed by atoms with van der Waals surface area (Å²) < 4.78 is 115. The van der Waals surface area contributed by atoms with Crippen molar-refractivity contribution in [3.63, 3.8) is 0 Å². The van der Waals surface area contributed by atoms with Crippen molar-refractivity contribution in [2.24, 2.45) is 0 Å². The number of sulfonamides is 1. The molecule has 244 valence electrons. The van der Waals surface area contributed by atoms with Gasteiger partial charge in [0.1, 0.15) is 11.6 Å². The minimum absolute atomic E-state index is 0. The van der Waals surface area contributed by atoms with Crippen molar-refractivity contribution in [3.8, 4) is 5.75 Å². The number of aromatic nitrogens is 1. The number of carbonyl (C=O) groups excluding carboxylic acids is 1. The van der Waals surface area contributed by atoms with Gasteiger partial charge in [0.25, 0.3) is 5.91 Å². The molecule has 3 heterocycles. The Hall–Kier alpha value is -3.56. The lowest BCUT2D eigenvalue weighted by Crippen LogP contribution is -2.64. The molecule has 2 fully saturated rings. The molecule has 2 aromatic carbocycles. The largest absolute Gasteiger partial charge is 0.476 e. The van der Waals surface area contributed by atoms with Crippen molar-refractivity contribution in [2.75, 3.05) is 44.2 Å². The van der Waals surface area contributed by atoms with Gasteiger partial charge in [-0.3, -0.25) is 4.79 Å². The van der Waals surface area contributed by atoms with Crippen LogP contribution < -0.4 is 9.64 Å². The fraction of sp³-hybridized carbons (Fsp3) is 0.379. The number of halogens is 7. The van der Waals surface area contributed by atoms with Gasteiger partial charge in [0.2, 0.25) is 15.6 Å².